The number of nitrogens with two attached hydrogens (primary N) is 3. The van der Waals surface area contributed by atoms with Crippen molar-refractivity contribution in [2.75, 3.05) is 17.5 Å². The third-order valence-electron chi connectivity index (χ3n) is 6.08. The largest absolute Gasteiger partial charge is 0.373 e. The van der Waals surface area contributed by atoms with Crippen molar-refractivity contribution in [2.45, 2.75) is 138 Å². The molecule has 3 heterocycles. The number of nitrogen functional groups attached to an aromatic ring is 3. The van der Waals surface area contributed by atoms with E-state index in [1.54, 1.807) is 0 Å². The Hall–Kier alpha value is -5.37. The number of rotatable bonds is 3. The molecule has 0 saturated heterocycles. The molecule has 0 aliphatic heterocycles. The minimum absolute atomic E-state index is 0.0311. The number of carbonyl (C=O) groups is 3. The number of aromatic nitrogens is 9. The summed E-state index contributed by atoms with van der Waals surface area (Å²) < 4.78 is 4.94. The van der Waals surface area contributed by atoms with Crippen LogP contribution in [0.4, 0.5) is 14.4 Å². The van der Waals surface area contributed by atoms with Crippen molar-refractivity contribution < 1.29 is 14.4 Å². The summed E-state index contributed by atoms with van der Waals surface area (Å²) in [5, 5.41) is 19.7. The summed E-state index contributed by atoms with van der Waals surface area (Å²) >= 11 is 0. The Balaban J connectivity index is 0.000000382. The minimum atomic E-state index is -0.643. The van der Waals surface area contributed by atoms with E-state index in [9.17, 15) is 28.8 Å². The maximum atomic E-state index is 11.8. The molecule has 9 N–H and O–H groups in total. The van der Waals surface area contributed by atoms with Crippen LogP contribution < -0.4 is 50.5 Å². The molecule has 0 bridgehead atoms. The average molecular weight is 724 g/mol. The standard InChI is InChI=1S/3C10H19N5O2/c3*1-6(2)7-13-15(9(17)14(7)11)8(16)12-10(3,4)5/h3*6H,11H2,1-5H3,(H,12,16). The van der Waals surface area contributed by atoms with Crippen LogP contribution in [-0.4, -0.2) is 78.1 Å². The van der Waals surface area contributed by atoms with Gasteiger partial charge in [0.05, 0.1) is 0 Å². The van der Waals surface area contributed by atoms with Crippen LogP contribution in [0.1, 0.15) is 139 Å². The highest BCUT2D eigenvalue weighted by atomic mass is 16.2. The number of nitrogens with one attached hydrogen (secondary N) is 3. The Morgan fingerprint density at radius 2 is 0.647 bits per heavy atom. The first kappa shape index (κ1) is 43.7. The van der Waals surface area contributed by atoms with Gasteiger partial charge in [-0.3, -0.25) is 0 Å². The predicted octanol–water partition coefficient (Wildman–Crippen LogP) is 0.715. The first-order chi connectivity index (χ1) is 22.9. The summed E-state index contributed by atoms with van der Waals surface area (Å²) in [7, 11) is 0. The van der Waals surface area contributed by atoms with Gasteiger partial charge in [0.15, 0.2) is 17.5 Å². The molecule has 3 amide bonds. The lowest BCUT2D eigenvalue weighted by molar-refractivity contribution is 0.228. The van der Waals surface area contributed by atoms with Gasteiger partial charge in [0, 0.05) is 34.4 Å². The van der Waals surface area contributed by atoms with Crippen molar-refractivity contribution in [3.05, 3.63) is 48.9 Å². The highest BCUT2D eigenvalue weighted by Gasteiger charge is 2.24. The number of amides is 3. The van der Waals surface area contributed by atoms with Gasteiger partial charge < -0.3 is 33.5 Å². The molecule has 0 aliphatic rings. The van der Waals surface area contributed by atoms with Gasteiger partial charge in [-0.05, 0) is 62.3 Å². The lowest BCUT2D eigenvalue weighted by Gasteiger charge is -2.19. The van der Waals surface area contributed by atoms with Crippen molar-refractivity contribution in [3.63, 3.8) is 0 Å². The van der Waals surface area contributed by atoms with E-state index in [1.807, 2.05) is 104 Å². The first-order valence-corrected chi connectivity index (χ1v) is 16.3. The molecule has 51 heavy (non-hydrogen) atoms. The van der Waals surface area contributed by atoms with E-state index in [1.165, 1.54) is 0 Å². The molecule has 0 radical (unpaired) electrons. The Morgan fingerprint density at radius 1 is 0.471 bits per heavy atom. The van der Waals surface area contributed by atoms with E-state index in [4.69, 9.17) is 17.5 Å². The summed E-state index contributed by atoms with van der Waals surface area (Å²) in [5.41, 5.74) is -3.24. The number of hydrogen-bond donors (Lipinski definition) is 6. The normalized spacial score (nSPS) is 11.9. The highest BCUT2D eigenvalue weighted by molar-refractivity contribution is 5.77. The van der Waals surface area contributed by atoms with Gasteiger partial charge in [-0.2, -0.15) is 14.0 Å². The number of nitrogens with zero attached hydrogens (tertiary/aromatic N) is 9. The molecule has 21 nitrogen and oxygen atoms in total. The molecule has 288 valence electrons. The van der Waals surface area contributed by atoms with E-state index in [2.05, 4.69) is 31.2 Å². The van der Waals surface area contributed by atoms with Crippen molar-refractivity contribution >= 4 is 18.1 Å². The third kappa shape index (κ3) is 12.2. The molecule has 3 aromatic rings. The van der Waals surface area contributed by atoms with Gasteiger partial charge in [0.25, 0.3) is 0 Å². The minimum Gasteiger partial charge on any atom is -0.333 e. The molecule has 0 aromatic carbocycles. The average Bonchev–Trinajstić information content (AvgIpc) is 3.53. The maximum Gasteiger partial charge on any atom is 0.373 e. The van der Waals surface area contributed by atoms with Crippen LogP contribution in [0.3, 0.4) is 0 Å². The second kappa shape index (κ2) is 16.1. The van der Waals surface area contributed by atoms with E-state index in [0.29, 0.717) is 17.5 Å². The molecule has 0 atom stereocenters. The van der Waals surface area contributed by atoms with Crippen molar-refractivity contribution in [2.24, 2.45) is 0 Å². The fourth-order valence-electron chi connectivity index (χ4n) is 3.88. The number of hydrogen-bond acceptors (Lipinski definition) is 12. The molecule has 3 rings (SSSR count). The monoisotopic (exact) mass is 723 g/mol. The van der Waals surface area contributed by atoms with Crippen LogP contribution in [0.2, 0.25) is 0 Å². The lowest BCUT2D eigenvalue weighted by atomic mass is 10.1. The molecule has 0 spiro atoms. The second-order valence-electron chi connectivity index (χ2n) is 15.8. The summed E-state index contributed by atoms with van der Waals surface area (Å²) in [6.45, 7) is 27.4. The molecule has 21 heteroatoms. The van der Waals surface area contributed by atoms with Crippen LogP contribution >= 0.6 is 0 Å². The summed E-state index contributed by atoms with van der Waals surface area (Å²) in [4.78, 5) is 70.5. The van der Waals surface area contributed by atoms with Crippen molar-refractivity contribution in [1.82, 2.24) is 59.3 Å². The van der Waals surface area contributed by atoms with Crippen LogP contribution in [0.5, 0.6) is 0 Å². The Morgan fingerprint density at radius 3 is 0.765 bits per heavy atom. The van der Waals surface area contributed by atoms with Gasteiger partial charge in [-0.1, -0.05) is 41.5 Å². The maximum absolute atomic E-state index is 11.8. The SMILES string of the molecule is CC(C)c1nn(C(=O)NC(C)(C)C)c(=O)n1N.CC(C)c1nn(C(=O)NC(C)(C)C)c(=O)n1N.CC(C)c1nn(C(=O)NC(C)(C)C)c(=O)n1N. The van der Waals surface area contributed by atoms with Gasteiger partial charge in [0.1, 0.15) is 0 Å². The lowest BCUT2D eigenvalue weighted by Crippen LogP contribution is -2.47. The first-order valence-electron chi connectivity index (χ1n) is 16.3. The molecular formula is C30H57N15O6. The number of carbonyl (C=O) groups excluding carboxylic acids is 3. The Labute approximate surface area is 296 Å². The Bertz CT molecular complexity index is 1650. The predicted molar refractivity (Wildman–Crippen MR) is 193 cm³/mol. The Kier molecular flexibility index (Phi) is 13.8. The molecule has 0 aliphatic carbocycles. The van der Waals surface area contributed by atoms with Crippen LogP contribution in [0.25, 0.3) is 0 Å². The zero-order valence-corrected chi connectivity index (χ0v) is 32.4. The molecular weight excluding hydrogens is 666 g/mol. The molecule has 0 saturated carbocycles. The topological polar surface area (TPSA) is 285 Å². The van der Waals surface area contributed by atoms with E-state index < -0.39 is 51.8 Å². The second-order valence-corrected chi connectivity index (χ2v) is 15.8. The summed E-state index contributed by atoms with van der Waals surface area (Å²) in [6.07, 6.45) is 0. The van der Waals surface area contributed by atoms with Gasteiger partial charge >= 0.3 is 35.2 Å². The van der Waals surface area contributed by atoms with E-state index in [0.717, 1.165) is 28.1 Å². The van der Waals surface area contributed by atoms with Crippen molar-refractivity contribution in [3.8, 4) is 0 Å². The highest BCUT2D eigenvalue weighted by Crippen LogP contribution is 2.09. The van der Waals surface area contributed by atoms with Gasteiger partial charge in [-0.25, -0.2) is 28.8 Å². The molecule has 0 unspecified atom stereocenters. The summed E-state index contributed by atoms with van der Waals surface area (Å²) in [6, 6.07) is -1.73. The molecule has 3 aromatic heterocycles. The fourth-order valence-corrected chi connectivity index (χ4v) is 3.88. The van der Waals surface area contributed by atoms with Crippen molar-refractivity contribution in [1.29, 1.82) is 0 Å². The van der Waals surface area contributed by atoms with Crippen LogP contribution in [0, 0.1) is 0 Å². The third-order valence-corrected chi connectivity index (χ3v) is 6.08. The van der Waals surface area contributed by atoms with Gasteiger partial charge in [0.2, 0.25) is 0 Å². The fraction of sp³-hybridized carbons (Fsp3) is 0.700. The van der Waals surface area contributed by atoms with E-state index >= 15 is 0 Å². The van der Waals surface area contributed by atoms with Gasteiger partial charge in [-0.15, -0.1) is 29.3 Å². The zero-order chi connectivity index (χ0) is 40.1. The smallest absolute Gasteiger partial charge is 0.333 e. The summed E-state index contributed by atoms with van der Waals surface area (Å²) in [5.74, 6) is 17.7. The quantitative estimate of drug-likeness (QED) is 0.204. The van der Waals surface area contributed by atoms with Crippen LogP contribution in [-0.2, 0) is 0 Å². The molecule has 0 fully saturated rings. The van der Waals surface area contributed by atoms with E-state index in [-0.39, 0.29) is 17.8 Å². The zero-order valence-electron chi connectivity index (χ0n) is 32.4. The van der Waals surface area contributed by atoms with Crippen LogP contribution in [0.15, 0.2) is 14.4 Å².